The molecular formula is C12H12ClF6N3. The highest BCUT2D eigenvalue weighted by Crippen LogP contribution is 2.43. The van der Waals surface area contributed by atoms with Crippen molar-refractivity contribution in [2.24, 2.45) is 0 Å². The number of nitrogens with one attached hydrogen (secondary N) is 3. The summed E-state index contributed by atoms with van der Waals surface area (Å²) in [5.41, 5.74) is 0.570. The van der Waals surface area contributed by atoms with E-state index < -0.39 is 23.7 Å². The third-order valence-electron chi connectivity index (χ3n) is 2.76. The minimum Gasteiger partial charge on any atom is -0.350 e. The second-order valence-electron chi connectivity index (χ2n) is 4.45. The lowest BCUT2D eigenvalue weighted by molar-refractivity contribution is -0.299. The molecule has 0 fully saturated rings. The predicted molar refractivity (Wildman–Crippen MR) is 71.0 cm³/mol. The van der Waals surface area contributed by atoms with E-state index in [0.717, 1.165) is 0 Å². The Labute approximate surface area is 127 Å². The predicted octanol–water partition coefficient (Wildman–Crippen LogP) is 4.20. The van der Waals surface area contributed by atoms with Crippen LogP contribution in [0, 0.1) is 0 Å². The number of rotatable bonds is 5. The molecule has 0 amide bonds. The Morgan fingerprint density at radius 3 is 2.00 bits per heavy atom. The molecule has 0 saturated carbocycles. The molecule has 0 bridgehead atoms. The van der Waals surface area contributed by atoms with E-state index in [-0.39, 0.29) is 17.6 Å². The van der Waals surface area contributed by atoms with E-state index in [2.05, 4.69) is 17.4 Å². The Kier molecular flexibility index (Phi) is 5.11. The first-order valence-electron chi connectivity index (χ1n) is 5.75. The minimum atomic E-state index is -5.57. The van der Waals surface area contributed by atoms with Gasteiger partial charge in [-0.15, -0.1) is 0 Å². The summed E-state index contributed by atoms with van der Waals surface area (Å²) in [7, 11) is 0. The second kappa shape index (κ2) is 6.15. The topological polar surface area (TPSA) is 36.1 Å². The second-order valence-corrected chi connectivity index (χ2v) is 4.86. The number of hydrazine groups is 1. The van der Waals surface area contributed by atoms with Gasteiger partial charge in [-0.1, -0.05) is 30.3 Å². The molecule has 1 aromatic rings. The summed E-state index contributed by atoms with van der Waals surface area (Å²) in [4.78, 5) is 0. The van der Waals surface area contributed by atoms with Crippen molar-refractivity contribution < 1.29 is 26.3 Å². The van der Waals surface area contributed by atoms with Gasteiger partial charge in [0.2, 0.25) is 5.54 Å². The molecule has 0 aliphatic rings. The van der Waals surface area contributed by atoms with Gasteiger partial charge in [-0.05, 0) is 19.1 Å². The average molecular weight is 348 g/mol. The monoisotopic (exact) mass is 347 g/mol. The van der Waals surface area contributed by atoms with Gasteiger partial charge >= 0.3 is 12.4 Å². The summed E-state index contributed by atoms with van der Waals surface area (Å²) in [6.45, 7) is 3.07. The molecule has 0 aromatic heterocycles. The van der Waals surface area contributed by atoms with Crippen LogP contribution in [0.1, 0.15) is 6.92 Å². The number of alkyl halides is 6. The first-order chi connectivity index (χ1) is 9.88. The van der Waals surface area contributed by atoms with E-state index in [4.69, 9.17) is 11.6 Å². The Bertz CT molecular complexity index is 526. The van der Waals surface area contributed by atoms with E-state index in [0.29, 0.717) is 0 Å². The highest BCUT2D eigenvalue weighted by Gasteiger charge is 2.68. The molecule has 0 unspecified atom stereocenters. The molecule has 3 nitrogen and oxygen atoms in total. The Hall–Kier alpha value is -1.77. The molecule has 0 aliphatic heterocycles. The molecule has 10 heteroatoms. The van der Waals surface area contributed by atoms with Crippen LogP contribution >= 0.6 is 11.6 Å². The molecule has 0 heterocycles. The molecular weight excluding hydrogens is 336 g/mol. The highest BCUT2D eigenvalue weighted by molar-refractivity contribution is 6.33. The van der Waals surface area contributed by atoms with Crippen molar-refractivity contribution >= 4 is 17.3 Å². The van der Waals surface area contributed by atoms with Gasteiger partial charge in [0.15, 0.2) is 0 Å². The first-order valence-corrected chi connectivity index (χ1v) is 6.13. The number of hydrogen-bond acceptors (Lipinski definition) is 3. The summed E-state index contributed by atoms with van der Waals surface area (Å²) in [6.07, 6.45) is -11.1. The Morgan fingerprint density at radius 2 is 1.55 bits per heavy atom. The van der Waals surface area contributed by atoms with Crippen LogP contribution in [0.4, 0.5) is 32.0 Å². The summed E-state index contributed by atoms with van der Waals surface area (Å²) in [6, 6.07) is 6.12. The van der Waals surface area contributed by atoms with Gasteiger partial charge in [0.1, 0.15) is 5.82 Å². The van der Waals surface area contributed by atoms with Gasteiger partial charge in [0.25, 0.3) is 0 Å². The number of para-hydroxylation sites is 1. The quantitative estimate of drug-likeness (QED) is 0.552. The molecule has 0 spiro atoms. The lowest BCUT2D eigenvalue weighted by Gasteiger charge is -2.36. The third-order valence-corrected chi connectivity index (χ3v) is 3.09. The zero-order valence-corrected chi connectivity index (χ0v) is 11.9. The van der Waals surface area contributed by atoms with Crippen LogP contribution in [0.5, 0.6) is 0 Å². The average Bonchev–Trinajstić information content (AvgIpc) is 2.35. The minimum absolute atomic E-state index is 0.0185. The molecule has 0 radical (unpaired) electrons. The summed E-state index contributed by atoms with van der Waals surface area (Å²) in [5, 5.41) is 1.52. The molecule has 124 valence electrons. The van der Waals surface area contributed by atoms with Crippen molar-refractivity contribution in [2.75, 3.05) is 5.43 Å². The zero-order chi connectivity index (χ0) is 17.2. The fourth-order valence-corrected chi connectivity index (χ4v) is 1.52. The number of halogens is 7. The van der Waals surface area contributed by atoms with Crippen LogP contribution < -0.4 is 16.2 Å². The molecule has 0 atom stereocenters. The number of benzene rings is 1. The SMILES string of the molecule is C=C(NNc1ccccc1Cl)NC(C)(C(F)(F)F)C(F)(F)F. The van der Waals surface area contributed by atoms with Gasteiger partial charge in [-0.2, -0.15) is 26.3 Å². The lowest BCUT2D eigenvalue weighted by atomic mass is 10.0. The van der Waals surface area contributed by atoms with Gasteiger partial charge in [0.05, 0.1) is 10.7 Å². The fourth-order valence-electron chi connectivity index (χ4n) is 1.34. The van der Waals surface area contributed by atoms with Gasteiger partial charge < -0.3 is 5.32 Å². The highest BCUT2D eigenvalue weighted by atomic mass is 35.5. The Balaban J connectivity index is 2.80. The number of hydrogen-bond donors (Lipinski definition) is 3. The van der Waals surface area contributed by atoms with Gasteiger partial charge in [-0.25, -0.2) is 0 Å². The van der Waals surface area contributed by atoms with Crippen molar-refractivity contribution in [3.05, 3.63) is 41.7 Å². The summed E-state index contributed by atoms with van der Waals surface area (Å²) >= 11 is 5.77. The third kappa shape index (κ3) is 3.90. The largest absolute Gasteiger partial charge is 0.420 e. The Morgan fingerprint density at radius 1 is 1.05 bits per heavy atom. The van der Waals surface area contributed by atoms with Crippen LogP contribution in [0.15, 0.2) is 36.7 Å². The van der Waals surface area contributed by atoms with Crippen molar-refractivity contribution in [1.29, 1.82) is 0 Å². The van der Waals surface area contributed by atoms with E-state index in [1.54, 1.807) is 12.1 Å². The molecule has 3 N–H and O–H groups in total. The molecule has 0 saturated heterocycles. The lowest BCUT2D eigenvalue weighted by Crippen LogP contribution is -2.64. The maximum atomic E-state index is 12.7. The van der Waals surface area contributed by atoms with E-state index in [1.165, 1.54) is 17.4 Å². The van der Waals surface area contributed by atoms with Crippen LogP contribution in [0.25, 0.3) is 0 Å². The van der Waals surface area contributed by atoms with E-state index in [1.807, 2.05) is 0 Å². The maximum absolute atomic E-state index is 12.7. The van der Waals surface area contributed by atoms with Crippen LogP contribution in [0.3, 0.4) is 0 Å². The standard InChI is InChI=1S/C12H12ClF6N3/c1-7(21-22-9-6-4-3-5-8(9)13)20-10(2,11(14,15)16)12(17,18)19/h3-6,20-22H,1H2,2H3. The normalized spacial score (nSPS) is 12.7. The molecule has 1 rings (SSSR count). The van der Waals surface area contributed by atoms with Crippen molar-refractivity contribution in [1.82, 2.24) is 10.7 Å². The zero-order valence-electron chi connectivity index (χ0n) is 11.2. The first kappa shape index (κ1) is 18.3. The molecule has 22 heavy (non-hydrogen) atoms. The van der Waals surface area contributed by atoms with Gasteiger partial charge in [0, 0.05) is 0 Å². The molecule has 0 aliphatic carbocycles. The van der Waals surface area contributed by atoms with Crippen LogP contribution in [0.2, 0.25) is 5.02 Å². The summed E-state index contributed by atoms with van der Waals surface area (Å²) < 4.78 is 76.2. The maximum Gasteiger partial charge on any atom is 0.420 e. The summed E-state index contributed by atoms with van der Waals surface area (Å²) in [5.74, 6) is -0.725. The van der Waals surface area contributed by atoms with Crippen LogP contribution in [-0.4, -0.2) is 17.9 Å². The molecule has 1 aromatic carbocycles. The van der Waals surface area contributed by atoms with Gasteiger partial charge in [-0.3, -0.25) is 10.9 Å². The van der Waals surface area contributed by atoms with Crippen molar-refractivity contribution in [3.63, 3.8) is 0 Å². The number of anilines is 1. The fraction of sp³-hybridized carbons (Fsp3) is 0.333. The smallest absolute Gasteiger partial charge is 0.350 e. The van der Waals surface area contributed by atoms with Crippen molar-refractivity contribution in [3.8, 4) is 0 Å². The van der Waals surface area contributed by atoms with Crippen LogP contribution in [-0.2, 0) is 0 Å². The van der Waals surface area contributed by atoms with E-state index in [9.17, 15) is 26.3 Å². The van der Waals surface area contributed by atoms with E-state index >= 15 is 0 Å². The van der Waals surface area contributed by atoms with Crippen molar-refractivity contribution in [2.45, 2.75) is 24.8 Å².